The highest BCUT2D eigenvalue weighted by molar-refractivity contribution is 6.07. The molecule has 1 aromatic carbocycles. The van der Waals surface area contributed by atoms with Crippen LogP contribution in [0.2, 0.25) is 0 Å². The molecule has 0 bridgehead atoms. The van der Waals surface area contributed by atoms with Crippen LogP contribution in [-0.4, -0.2) is 47.2 Å². The summed E-state index contributed by atoms with van der Waals surface area (Å²) in [5.41, 5.74) is 1.01. The Balaban J connectivity index is 1.49. The SMILES string of the molecule is COc1ccc(CN(C(=O)CN2C(=O)C3CCCCC3C2=O)C(C)C2CC2)cc1. The van der Waals surface area contributed by atoms with E-state index in [-0.39, 0.29) is 42.1 Å². The lowest BCUT2D eigenvalue weighted by Gasteiger charge is -2.31. The van der Waals surface area contributed by atoms with Crippen molar-refractivity contribution in [3.8, 4) is 5.75 Å². The van der Waals surface area contributed by atoms with Gasteiger partial charge in [-0.3, -0.25) is 19.3 Å². The molecule has 1 aromatic rings. The molecule has 0 N–H and O–H groups in total. The quantitative estimate of drug-likeness (QED) is 0.662. The van der Waals surface area contributed by atoms with E-state index in [4.69, 9.17) is 4.74 Å². The number of rotatable bonds is 7. The predicted octanol–water partition coefficient (Wildman–Crippen LogP) is 3.00. The molecular weight excluding hydrogens is 368 g/mol. The lowest BCUT2D eigenvalue weighted by molar-refractivity contribution is -0.147. The fourth-order valence-corrected chi connectivity index (χ4v) is 4.83. The number of carbonyl (C=O) groups is 3. The van der Waals surface area contributed by atoms with Gasteiger partial charge in [-0.15, -0.1) is 0 Å². The number of amides is 3. The number of hydrogen-bond acceptors (Lipinski definition) is 4. The highest BCUT2D eigenvalue weighted by atomic mass is 16.5. The third-order valence-corrected chi connectivity index (χ3v) is 6.85. The van der Waals surface area contributed by atoms with Crippen molar-refractivity contribution >= 4 is 17.7 Å². The number of methoxy groups -OCH3 is 1. The fourth-order valence-electron chi connectivity index (χ4n) is 4.83. The van der Waals surface area contributed by atoms with Gasteiger partial charge in [0.25, 0.3) is 0 Å². The Hall–Kier alpha value is -2.37. The lowest BCUT2D eigenvalue weighted by Crippen LogP contribution is -2.46. The molecule has 1 heterocycles. The van der Waals surface area contributed by atoms with Gasteiger partial charge in [0, 0.05) is 12.6 Å². The van der Waals surface area contributed by atoms with Crippen LogP contribution in [0.15, 0.2) is 24.3 Å². The maximum Gasteiger partial charge on any atom is 0.243 e. The minimum atomic E-state index is -0.208. The van der Waals surface area contributed by atoms with Crippen molar-refractivity contribution in [2.45, 2.75) is 58.0 Å². The lowest BCUT2D eigenvalue weighted by atomic mass is 9.81. The Morgan fingerprint density at radius 1 is 1.07 bits per heavy atom. The van der Waals surface area contributed by atoms with E-state index >= 15 is 0 Å². The average Bonchev–Trinajstić information content (AvgIpc) is 3.57. The van der Waals surface area contributed by atoms with Crippen molar-refractivity contribution in [2.24, 2.45) is 17.8 Å². The van der Waals surface area contributed by atoms with Gasteiger partial charge in [-0.1, -0.05) is 25.0 Å². The van der Waals surface area contributed by atoms with Gasteiger partial charge in [0.05, 0.1) is 18.9 Å². The summed E-state index contributed by atoms with van der Waals surface area (Å²) in [5.74, 6) is 0.441. The molecule has 3 fully saturated rings. The first-order valence-electron chi connectivity index (χ1n) is 10.8. The number of carbonyl (C=O) groups excluding carboxylic acids is 3. The van der Waals surface area contributed by atoms with Crippen molar-refractivity contribution in [3.63, 3.8) is 0 Å². The Labute approximate surface area is 172 Å². The van der Waals surface area contributed by atoms with E-state index < -0.39 is 0 Å². The van der Waals surface area contributed by atoms with E-state index in [1.165, 1.54) is 4.90 Å². The fraction of sp³-hybridized carbons (Fsp3) is 0.609. The van der Waals surface area contributed by atoms with Gasteiger partial charge >= 0.3 is 0 Å². The van der Waals surface area contributed by atoms with Crippen LogP contribution in [0.5, 0.6) is 5.75 Å². The molecule has 3 aliphatic rings. The second-order valence-corrected chi connectivity index (χ2v) is 8.71. The van der Waals surface area contributed by atoms with Crippen LogP contribution in [0.3, 0.4) is 0 Å². The van der Waals surface area contributed by atoms with Gasteiger partial charge < -0.3 is 9.64 Å². The summed E-state index contributed by atoms with van der Waals surface area (Å²) in [4.78, 5) is 41.9. The molecule has 0 radical (unpaired) electrons. The molecule has 6 heteroatoms. The predicted molar refractivity (Wildman–Crippen MR) is 108 cm³/mol. The number of nitrogens with zero attached hydrogens (tertiary/aromatic N) is 2. The van der Waals surface area contributed by atoms with E-state index in [2.05, 4.69) is 6.92 Å². The zero-order valence-electron chi connectivity index (χ0n) is 17.3. The van der Waals surface area contributed by atoms with E-state index in [1.807, 2.05) is 29.2 Å². The molecule has 1 aliphatic heterocycles. The first kappa shape index (κ1) is 19.9. The van der Waals surface area contributed by atoms with Crippen molar-refractivity contribution in [3.05, 3.63) is 29.8 Å². The summed E-state index contributed by atoms with van der Waals surface area (Å²) in [7, 11) is 1.63. The highest BCUT2D eigenvalue weighted by Crippen LogP contribution is 2.39. The Bertz CT molecular complexity index is 763. The first-order chi connectivity index (χ1) is 14.0. The standard InChI is InChI=1S/C23H30N2O4/c1-15(17-9-10-17)24(13-16-7-11-18(29-2)12-8-16)21(26)14-25-22(27)19-5-3-4-6-20(19)23(25)28/h7-8,11-12,15,17,19-20H,3-6,9-10,13-14H2,1-2H3. The molecule has 2 saturated carbocycles. The summed E-state index contributed by atoms with van der Waals surface area (Å²) >= 11 is 0. The van der Waals surface area contributed by atoms with Crippen LogP contribution in [0.25, 0.3) is 0 Å². The third kappa shape index (κ3) is 4.02. The molecule has 3 atom stereocenters. The van der Waals surface area contributed by atoms with Crippen molar-refractivity contribution in [1.82, 2.24) is 9.80 Å². The maximum absolute atomic E-state index is 13.3. The van der Waals surface area contributed by atoms with E-state index in [0.29, 0.717) is 12.5 Å². The molecule has 2 aliphatic carbocycles. The van der Waals surface area contributed by atoms with Gasteiger partial charge in [-0.05, 0) is 56.2 Å². The van der Waals surface area contributed by atoms with Crippen molar-refractivity contribution in [2.75, 3.05) is 13.7 Å². The Kier molecular flexibility index (Phi) is 5.61. The number of benzene rings is 1. The second-order valence-electron chi connectivity index (χ2n) is 8.71. The van der Waals surface area contributed by atoms with Crippen molar-refractivity contribution in [1.29, 1.82) is 0 Å². The monoisotopic (exact) mass is 398 g/mol. The normalized spacial score (nSPS) is 25.0. The molecule has 3 amide bonds. The molecule has 3 unspecified atom stereocenters. The largest absolute Gasteiger partial charge is 0.497 e. The topological polar surface area (TPSA) is 66.9 Å². The zero-order chi connectivity index (χ0) is 20.5. The molecule has 0 spiro atoms. The Morgan fingerprint density at radius 2 is 1.66 bits per heavy atom. The molecule has 1 saturated heterocycles. The number of imide groups is 1. The molecule has 156 valence electrons. The minimum Gasteiger partial charge on any atom is -0.497 e. The van der Waals surface area contributed by atoms with Crippen LogP contribution in [0, 0.1) is 17.8 Å². The van der Waals surface area contributed by atoms with Gasteiger partial charge in [-0.25, -0.2) is 0 Å². The second kappa shape index (κ2) is 8.17. The molecule has 29 heavy (non-hydrogen) atoms. The number of fused-ring (bicyclic) bond motifs is 1. The van der Waals surface area contributed by atoms with E-state index in [0.717, 1.165) is 49.8 Å². The molecule has 0 aromatic heterocycles. The Morgan fingerprint density at radius 3 is 2.17 bits per heavy atom. The van der Waals surface area contributed by atoms with Gasteiger partial charge in [0.1, 0.15) is 12.3 Å². The maximum atomic E-state index is 13.3. The summed E-state index contributed by atoms with van der Waals surface area (Å²) in [5, 5.41) is 0. The molecule has 4 rings (SSSR count). The van der Waals surface area contributed by atoms with Crippen LogP contribution >= 0.6 is 0 Å². The first-order valence-corrected chi connectivity index (χ1v) is 10.8. The number of hydrogen-bond donors (Lipinski definition) is 0. The van der Waals surface area contributed by atoms with Crippen LogP contribution in [0.4, 0.5) is 0 Å². The van der Waals surface area contributed by atoms with Crippen molar-refractivity contribution < 1.29 is 19.1 Å². The number of likely N-dealkylation sites (tertiary alicyclic amines) is 1. The molecular formula is C23H30N2O4. The summed E-state index contributed by atoms with van der Waals surface area (Å²) in [6.07, 6.45) is 5.77. The highest BCUT2D eigenvalue weighted by Gasteiger charge is 2.49. The zero-order valence-corrected chi connectivity index (χ0v) is 17.3. The van der Waals surface area contributed by atoms with Gasteiger partial charge in [0.15, 0.2) is 0 Å². The average molecular weight is 399 g/mol. The molecule has 6 nitrogen and oxygen atoms in total. The summed E-state index contributed by atoms with van der Waals surface area (Å²) in [6, 6.07) is 7.79. The smallest absolute Gasteiger partial charge is 0.243 e. The van der Waals surface area contributed by atoms with Gasteiger partial charge in [-0.2, -0.15) is 0 Å². The van der Waals surface area contributed by atoms with Crippen LogP contribution in [0.1, 0.15) is 51.0 Å². The van der Waals surface area contributed by atoms with Crippen LogP contribution in [-0.2, 0) is 20.9 Å². The van der Waals surface area contributed by atoms with Gasteiger partial charge in [0.2, 0.25) is 17.7 Å². The summed E-state index contributed by atoms with van der Waals surface area (Å²) < 4.78 is 5.21. The summed E-state index contributed by atoms with van der Waals surface area (Å²) in [6.45, 7) is 2.42. The van der Waals surface area contributed by atoms with Crippen LogP contribution < -0.4 is 4.74 Å². The van der Waals surface area contributed by atoms with E-state index in [1.54, 1.807) is 7.11 Å². The third-order valence-electron chi connectivity index (χ3n) is 6.85. The number of ether oxygens (including phenoxy) is 1. The minimum absolute atomic E-state index is 0.0969. The van der Waals surface area contributed by atoms with E-state index in [9.17, 15) is 14.4 Å².